The van der Waals surface area contributed by atoms with E-state index >= 15 is 0 Å². The molecule has 0 radical (unpaired) electrons. The van der Waals surface area contributed by atoms with Gasteiger partial charge in [-0.3, -0.25) is 14.2 Å². The predicted octanol–water partition coefficient (Wildman–Crippen LogP) is 3.65. The largest absolute Gasteiger partial charge is 0.305 e. The second-order valence-corrected chi connectivity index (χ2v) is 6.83. The molecule has 0 fully saturated rings. The maximum Gasteiger partial charge on any atom is 0.260 e. The fourth-order valence-corrected chi connectivity index (χ4v) is 3.42. The van der Waals surface area contributed by atoms with Gasteiger partial charge in [-0.1, -0.05) is 36.4 Å². The number of hydrogen-bond donors (Lipinski definition) is 1. The number of carbonyl (C=O) groups is 1. The molecule has 0 saturated heterocycles. The van der Waals surface area contributed by atoms with Crippen molar-refractivity contribution in [1.82, 2.24) is 19.6 Å². The van der Waals surface area contributed by atoms with Crippen molar-refractivity contribution in [1.29, 1.82) is 0 Å². The summed E-state index contributed by atoms with van der Waals surface area (Å²) in [6, 6.07) is 15.7. The lowest BCUT2D eigenvalue weighted by Crippen LogP contribution is -2.13. The molecular weight excluding hydrogens is 346 g/mol. The summed E-state index contributed by atoms with van der Waals surface area (Å²) in [7, 11) is 1.81. The number of carbonyl (C=O) groups excluding carboxylic acids is 1. The Morgan fingerprint density at radius 1 is 1.12 bits per heavy atom. The minimum absolute atomic E-state index is 0.216. The van der Waals surface area contributed by atoms with Gasteiger partial charge in [0.1, 0.15) is 5.69 Å². The third-order valence-electron chi connectivity index (χ3n) is 3.90. The highest BCUT2D eigenvalue weighted by atomic mass is 32.1. The molecule has 6 nitrogen and oxygen atoms in total. The second-order valence-electron chi connectivity index (χ2n) is 5.88. The van der Waals surface area contributed by atoms with Gasteiger partial charge in [0.2, 0.25) is 0 Å². The number of amides is 1. The van der Waals surface area contributed by atoms with Gasteiger partial charge in [-0.25, -0.2) is 0 Å². The quantitative estimate of drug-likeness (QED) is 0.589. The van der Waals surface area contributed by atoms with E-state index in [0.717, 1.165) is 10.4 Å². The van der Waals surface area contributed by atoms with E-state index in [9.17, 15) is 4.79 Å². The molecule has 0 spiro atoms. The maximum atomic E-state index is 12.8. The Balaban J connectivity index is 1.66. The number of aryl methyl sites for hydroxylation is 1. The minimum atomic E-state index is -0.216. The van der Waals surface area contributed by atoms with Crippen molar-refractivity contribution >= 4 is 23.1 Å². The van der Waals surface area contributed by atoms with Crippen LogP contribution in [0.1, 0.15) is 15.9 Å². The molecule has 0 aliphatic carbocycles. The molecule has 3 heterocycles. The molecule has 0 saturated carbocycles. The minimum Gasteiger partial charge on any atom is -0.305 e. The van der Waals surface area contributed by atoms with E-state index in [4.69, 9.17) is 0 Å². The fraction of sp³-hybridized carbons (Fsp3) is 0.105. The van der Waals surface area contributed by atoms with Crippen molar-refractivity contribution in [3.8, 4) is 10.6 Å². The summed E-state index contributed by atoms with van der Waals surface area (Å²) >= 11 is 1.56. The third kappa shape index (κ3) is 3.43. The zero-order valence-corrected chi connectivity index (χ0v) is 15.0. The predicted molar refractivity (Wildman–Crippen MR) is 102 cm³/mol. The molecule has 130 valence electrons. The van der Waals surface area contributed by atoms with E-state index in [-0.39, 0.29) is 5.91 Å². The van der Waals surface area contributed by atoms with Gasteiger partial charge in [-0.15, -0.1) is 11.3 Å². The van der Waals surface area contributed by atoms with Crippen LogP contribution in [0, 0.1) is 0 Å². The first kappa shape index (κ1) is 16.3. The summed E-state index contributed by atoms with van der Waals surface area (Å²) in [6.07, 6.45) is 3.58. The van der Waals surface area contributed by atoms with Crippen LogP contribution >= 0.6 is 11.3 Å². The van der Waals surface area contributed by atoms with Crippen LogP contribution in [-0.2, 0) is 13.6 Å². The van der Waals surface area contributed by atoms with E-state index < -0.39 is 0 Å². The van der Waals surface area contributed by atoms with Gasteiger partial charge in [-0.2, -0.15) is 10.2 Å². The van der Waals surface area contributed by atoms with Gasteiger partial charge < -0.3 is 5.32 Å². The number of hydrogen-bond acceptors (Lipinski definition) is 4. The first-order valence-electron chi connectivity index (χ1n) is 8.15. The molecule has 1 N–H and O–H groups in total. The summed E-state index contributed by atoms with van der Waals surface area (Å²) in [4.78, 5) is 13.8. The SMILES string of the molecule is Cn1ccc(NC(=O)c2cn(Cc3ccccc3)nc2-c2cccs2)n1. The molecule has 0 unspecified atom stereocenters. The van der Waals surface area contributed by atoms with E-state index in [1.165, 1.54) is 0 Å². The van der Waals surface area contributed by atoms with E-state index in [1.54, 1.807) is 39.2 Å². The Bertz CT molecular complexity index is 1020. The van der Waals surface area contributed by atoms with Crippen molar-refractivity contribution in [2.75, 3.05) is 5.32 Å². The molecule has 0 aliphatic heterocycles. The lowest BCUT2D eigenvalue weighted by atomic mass is 10.2. The number of aromatic nitrogens is 4. The number of nitrogens with one attached hydrogen (secondary N) is 1. The number of rotatable bonds is 5. The van der Waals surface area contributed by atoms with Gasteiger partial charge in [0.05, 0.1) is 17.0 Å². The average molecular weight is 363 g/mol. The molecule has 7 heteroatoms. The van der Waals surface area contributed by atoms with Gasteiger partial charge in [0.15, 0.2) is 5.82 Å². The van der Waals surface area contributed by atoms with Crippen molar-refractivity contribution in [3.63, 3.8) is 0 Å². The number of nitrogens with zero attached hydrogens (tertiary/aromatic N) is 4. The van der Waals surface area contributed by atoms with Crippen LogP contribution in [0.4, 0.5) is 5.82 Å². The summed E-state index contributed by atoms with van der Waals surface area (Å²) in [5.41, 5.74) is 2.35. The van der Waals surface area contributed by atoms with Crippen LogP contribution in [0.25, 0.3) is 10.6 Å². The number of thiophene rings is 1. The zero-order chi connectivity index (χ0) is 17.9. The Morgan fingerprint density at radius 2 is 1.96 bits per heavy atom. The number of anilines is 1. The highest BCUT2D eigenvalue weighted by Gasteiger charge is 2.19. The molecule has 1 aromatic carbocycles. The van der Waals surface area contributed by atoms with Crippen molar-refractivity contribution < 1.29 is 4.79 Å². The average Bonchev–Trinajstić information content (AvgIpc) is 3.36. The molecule has 0 atom stereocenters. The van der Waals surface area contributed by atoms with Crippen LogP contribution < -0.4 is 5.32 Å². The highest BCUT2D eigenvalue weighted by molar-refractivity contribution is 7.13. The zero-order valence-electron chi connectivity index (χ0n) is 14.2. The second kappa shape index (κ2) is 6.97. The summed E-state index contributed by atoms with van der Waals surface area (Å²) in [6.45, 7) is 0.607. The molecule has 1 amide bonds. The van der Waals surface area contributed by atoms with E-state index in [2.05, 4.69) is 15.5 Å². The Morgan fingerprint density at radius 3 is 2.65 bits per heavy atom. The third-order valence-corrected chi connectivity index (χ3v) is 4.78. The molecule has 0 bridgehead atoms. The van der Waals surface area contributed by atoms with Crippen LogP contribution in [0.2, 0.25) is 0 Å². The van der Waals surface area contributed by atoms with Crippen LogP contribution in [-0.4, -0.2) is 25.5 Å². The maximum absolute atomic E-state index is 12.8. The molecule has 26 heavy (non-hydrogen) atoms. The molecule has 4 rings (SSSR count). The van der Waals surface area contributed by atoms with E-state index in [0.29, 0.717) is 23.6 Å². The first-order chi connectivity index (χ1) is 12.7. The normalized spacial score (nSPS) is 10.8. The molecule has 4 aromatic rings. The smallest absolute Gasteiger partial charge is 0.260 e. The van der Waals surface area contributed by atoms with Gasteiger partial charge >= 0.3 is 0 Å². The number of benzene rings is 1. The standard InChI is InChI=1S/C19H17N5OS/c1-23-10-9-17(21-23)20-19(25)15-13-24(12-14-6-3-2-4-7-14)22-18(15)16-8-5-11-26-16/h2-11,13H,12H2,1H3,(H,20,21,25). The Hall–Kier alpha value is -3.19. The first-order valence-corrected chi connectivity index (χ1v) is 9.03. The molecule has 0 aliphatic rings. The van der Waals surface area contributed by atoms with Gasteiger partial charge in [0.25, 0.3) is 5.91 Å². The molecule has 3 aromatic heterocycles. The Labute approximate surface area is 154 Å². The molecular formula is C19H17N5OS. The summed E-state index contributed by atoms with van der Waals surface area (Å²) in [5, 5.41) is 13.7. The van der Waals surface area contributed by atoms with Crippen molar-refractivity contribution in [2.24, 2.45) is 7.05 Å². The lowest BCUT2D eigenvalue weighted by Gasteiger charge is -2.01. The fourth-order valence-electron chi connectivity index (χ4n) is 2.70. The summed E-state index contributed by atoms with van der Waals surface area (Å²) in [5.74, 6) is 0.303. The summed E-state index contributed by atoms with van der Waals surface area (Å²) < 4.78 is 3.45. The monoisotopic (exact) mass is 363 g/mol. The van der Waals surface area contributed by atoms with Crippen LogP contribution in [0.5, 0.6) is 0 Å². The van der Waals surface area contributed by atoms with Gasteiger partial charge in [-0.05, 0) is 17.0 Å². The highest BCUT2D eigenvalue weighted by Crippen LogP contribution is 2.27. The van der Waals surface area contributed by atoms with Crippen LogP contribution in [0.15, 0.2) is 66.3 Å². The topological polar surface area (TPSA) is 64.7 Å². The van der Waals surface area contributed by atoms with Crippen molar-refractivity contribution in [3.05, 3.63) is 77.4 Å². The van der Waals surface area contributed by atoms with Gasteiger partial charge in [0, 0.05) is 25.5 Å². The lowest BCUT2D eigenvalue weighted by molar-refractivity contribution is 0.102. The van der Waals surface area contributed by atoms with E-state index in [1.807, 2.05) is 54.9 Å². The Kier molecular flexibility index (Phi) is 4.37. The van der Waals surface area contributed by atoms with Crippen LogP contribution in [0.3, 0.4) is 0 Å². The van der Waals surface area contributed by atoms with Crippen molar-refractivity contribution in [2.45, 2.75) is 6.54 Å².